The van der Waals surface area contributed by atoms with E-state index in [0.717, 1.165) is 31.4 Å². The number of nitrogens with zero attached hydrogens (tertiary/aromatic N) is 2. The van der Waals surface area contributed by atoms with Gasteiger partial charge in [-0.1, -0.05) is 19.1 Å². The second-order valence-corrected chi connectivity index (χ2v) is 8.98. The van der Waals surface area contributed by atoms with E-state index in [1.807, 2.05) is 33.8 Å². The van der Waals surface area contributed by atoms with Crippen molar-refractivity contribution in [3.8, 4) is 0 Å². The number of hydrogen-bond donors (Lipinski definition) is 1. The molecule has 30 heavy (non-hydrogen) atoms. The first-order chi connectivity index (χ1) is 14.1. The van der Waals surface area contributed by atoms with E-state index in [9.17, 15) is 14.0 Å². The Morgan fingerprint density at radius 1 is 1.27 bits per heavy atom. The maximum Gasteiger partial charge on any atom is 0.410 e. The zero-order valence-corrected chi connectivity index (χ0v) is 19.0. The lowest BCUT2D eigenvalue weighted by Gasteiger charge is -2.30. The number of halogens is 1. The number of benzene rings is 1. The van der Waals surface area contributed by atoms with Crippen molar-refractivity contribution >= 4 is 12.0 Å². The van der Waals surface area contributed by atoms with Crippen LogP contribution in [-0.4, -0.2) is 59.6 Å². The molecule has 2 rings (SSSR count). The second-order valence-electron chi connectivity index (χ2n) is 8.98. The van der Waals surface area contributed by atoms with Gasteiger partial charge in [0.15, 0.2) is 0 Å². The molecule has 0 unspecified atom stereocenters. The first-order valence-corrected chi connectivity index (χ1v) is 10.8. The normalized spacial score (nSPS) is 17.6. The lowest BCUT2D eigenvalue weighted by atomic mass is 10.1. The van der Waals surface area contributed by atoms with Crippen LogP contribution in [0.5, 0.6) is 0 Å². The van der Waals surface area contributed by atoms with Crippen molar-refractivity contribution in [1.29, 1.82) is 0 Å². The molecule has 1 N–H and O–H groups in total. The van der Waals surface area contributed by atoms with Gasteiger partial charge in [0, 0.05) is 25.7 Å². The number of hydrogen-bond acceptors (Lipinski definition) is 4. The van der Waals surface area contributed by atoms with Crippen LogP contribution in [0.25, 0.3) is 0 Å². The molecule has 1 fully saturated rings. The van der Waals surface area contributed by atoms with Gasteiger partial charge in [-0.3, -0.25) is 9.69 Å². The molecule has 6 nitrogen and oxygen atoms in total. The highest BCUT2D eigenvalue weighted by Crippen LogP contribution is 2.19. The highest BCUT2D eigenvalue weighted by atomic mass is 19.1. The largest absolute Gasteiger partial charge is 0.444 e. The Bertz CT molecular complexity index is 733. The summed E-state index contributed by atoms with van der Waals surface area (Å²) in [6, 6.07) is 5.25. The molecule has 0 radical (unpaired) electrons. The third kappa shape index (κ3) is 7.59. The van der Waals surface area contributed by atoms with Gasteiger partial charge < -0.3 is 15.0 Å². The predicted molar refractivity (Wildman–Crippen MR) is 116 cm³/mol. The van der Waals surface area contributed by atoms with E-state index in [1.165, 1.54) is 6.07 Å². The fourth-order valence-corrected chi connectivity index (χ4v) is 3.64. The van der Waals surface area contributed by atoms with E-state index >= 15 is 0 Å². The Kier molecular flexibility index (Phi) is 8.65. The summed E-state index contributed by atoms with van der Waals surface area (Å²) in [7, 11) is 0. The SMILES string of the molecule is CCN(CC(=O)NCc1ccc(C)c(F)c1)[C@H]1CCCN(C(=O)OC(C)(C)C)CC1. The summed E-state index contributed by atoms with van der Waals surface area (Å²) in [4.78, 5) is 28.7. The topological polar surface area (TPSA) is 61.9 Å². The van der Waals surface area contributed by atoms with Crippen LogP contribution in [0.2, 0.25) is 0 Å². The van der Waals surface area contributed by atoms with Crippen LogP contribution in [0.15, 0.2) is 18.2 Å². The van der Waals surface area contributed by atoms with Crippen molar-refractivity contribution in [3.63, 3.8) is 0 Å². The Balaban J connectivity index is 1.85. The van der Waals surface area contributed by atoms with Gasteiger partial charge in [-0.15, -0.1) is 0 Å². The molecule has 1 aliphatic heterocycles. The van der Waals surface area contributed by atoms with E-state index in [2.05, 4.69) is 10.2 Å². The van der Waals surface area contributed by atoms with Crippen LogP contribution < -0.4 is 5.32 Å². The summed E-state index contributed by atoms with van der Waals surface area (Å²) in [5, 5.41) is 2.89. The van der Waals surface area contributed by atoms with E-state index < -0.39 is 5.60 Å². The summed E-state index contributed by atoms with van der Waals surface area (Å²) in [5.74, 6) is -0.337. The monoisotopic (exact) mass is 421 g/mol. The smallest absolute Gasteiger partial charge is 0.410 e. The Hall–Kier alpha value is -2.15. The van der Waals surface area contributed by atoms with Gasteiger partial charge in [-0.2, -0.15) is 0 Å². The summed E-state index contributed by atoms with van der Waals surface area (Å²) < 4.78 is 19.2. The molecule has 0 bridgehead atoms. The molecule has 1 aromatic rings. The molecule has 0 spiro atoms. The molecule has 2 amide bonds. The Labute approximate surface area is 179 Å². The standard InChI is InChI=1S/C23H36FN3O3/c1-6-26(16-21(28)25-15-18-10-9-17(2)20(24)14-18)19-8-7-12-27(13-11-19)22(29)30-23(3,4)5/h9-10,14,19H,6-8,11-13,15-16H2,1-5H3,(H,25,28)/t19-/m0/s1. The predicted octanol–water partition coefficient (Wildman–Crippen LogP) is 3.86. The number of likely N-dealkylation sites (tertiary alicyclic amines) is 1. The van der Waals surface area contributed by atoms with Crippen molar-refractivity contribution in [3.05, 3.63) is 35.1 Å². The molecule has 0 aliphatic carbocycles. The van der Waals surface area contributed by atoms with Gasteiger partial charge in [0.2, 0.25) is 5.91 Å². The molecule has 1 saturated heterocycles. The van der Waals surface area contributed by atoms with Crippen molar-refractivity contribution < 1.29 is 18.7 Å². The van der Waals surface area contributed by atoms with Crippen LogP contribution in [0.3, 0.4) is 0 Å². The summed E-state index contributed by atoms with van der Waals surface area (Å²) >= 11 is 0. The lowest BCUT2D eigenvalue weighted by Crippen LogP contribution is -2.43. The highest BCUT2D eigenvalue weighted by molar-refractivity contribution is 5.78. The Morgan fingerprint density at radius 2 is 2.00 bits per heavy atom. The van der Waals surface area contributed by atoms with Crippen molar-refractivity contribution in [2.24, 2.45) is 0 Å². The summed E-state index contributed by atoms with van der Waals surface area (Å²) in [6.07, 6.45) is 2.35. The molecular formula is C23H36FN3O3. The van der Waals surface area contributed by atoms with Crippen molar-refractivity contribution in [2.75, 3.05) is 26.2 Å². The molecule has 0 aromatic heterocycles. The number of aryl methyl sites for hydroxylation is 1. The first-order valence-electron chi connectivity index (χ1n) is 10.8. The number of nitrogens with one attached hydrogen (secondary N) is 1. The van der Waals surface area contributed by atoms with Crippen LogP contribution in [0.1, 0.15) is 58.1 Å². The third-order valence-electron chi connectivity index (χ3n) is 5.34. The summed E-state index contributed by atoms with van der Waals surface area (Å²) in [6.45, 7) is 12.0. The zero-order valence-electron chi connectivity index (χ0n) is 19.0. The highest BCUT2D eigenvalue weighted by Gasteiger charge is 2.27. The van der Waals surface area contributed by atoms with E-state index in [4.69, 9.17) is 4.74 Å². The molecule has 1 atom stereocenters. The maximum absolute atomic E-state index is 13.7. The minimum atomic E-state index is -0.503. The van der Waals surface area contributed by atoms with Crippen LogP contribution in [0.4, 0.5) is 9.18 Å². The maximum atomic E-state index is 13.7. The van der Waals surface area contributed by atoms with Crippen LogP contribution in [-0.2, 0) is 16.1 Å². The van der Waals surface area contributed by atoms with Crippen LogP contribution >= 0.6 is 0 Å². The molecule has 1 aliphatic rings. The molecule has 168 valence electrons. The molecule has 1 aromatic carbocycles. The van der Waals surface area contributed by atoms with Crippen LogP contribution in [0, 0.1) is 12.7 Å². The van der Waals surface area contributed by atoms with Gasteiger partial charge in [-0.05, 0) is 70.7 Å². The number of rotatable bonds is 6. The number of carbonyl (C=O) groups is 2. The molecule has 7 heteroatoms. The Morgan fingerprint density at radius 3 is 2.63 bits per heavy atom. The van der Waals surface area contributed by atoms with Gasteiger partial charge >= 0.3 is 6.09 Å². The van der Waals surface area contributed by atoms with Crippen molar-refractivity contribution in [1.82, 2.24) is 15.1 Å². The van der Waals surface area contributed by atoms with Gasteiger partial charge in [0.25, 0.3) is 0 Å². The second kappa shape index (κ2) is 10.8. The average molecular weight is 422 g/mol. The first kappa shape index (κ1) is 24.1. The van der Waals surface area contributed by atoms with E-state index in [1.54, 1.807) is 17.9 Å². The number of carbonyl (C=O) groups excluding carboxylic acids is 2. The third-order valence-corrected chi connectivity index (χ3v) is 5.34. The molecular weight excluding hydrogens is 385 g/mol. The average Bonchev–Trinajstić information content (AvgIpc) is 2.92. The summed E-state index contributed by atoms with van der Waals surface area (Å²) in [5.41, 5.74) is 0.837. The minimum absolute atomic E-state index is 0.0777. The fourth-order valence-electron chi connectivity index (χ4n) is 3.64. The van der Waals surface area contributed by atoms with Crippen molar-refractivity contribution in [2.45, 2.75) is 72.1 Å². The van der Waals surface area contributed by atoms with Gasteiger partial charge in [0.05, 0.1) is 6.54 Å². The quantitative estimate of drug-likeness (QED) is 0.758. The number of likely N-dealkylation sites (N-methyl/N-ethyl adjacent to an activating group) is 1. The number of amides is 2. The number of ether oxygens (including phenoxy) is 1. The van der Waals surface area contributed by atoms with E-state index in [0.29, 0.717) is 31.7 Å². The van der Waals surface area contributed by atoms with Gasteiger partial charge in [-0.25, -0.2) is 9.18 Å². The van der Waals surface area contributed by atoms with Gasteiger partial charge in [0.1, 0.15) is 11.4 Å². The molecule has 1 heterocycles. The molecule has 0 saturated carbocycles. The lowest BCUT2D eigenvalue weighted by molar-refractivity contribution is -0.123. The zero-order chi connectivity index (χ0) is 22.3. The fraction of sp³-hybridized carbons (Fsp3) is 0.652. The minimum Gasteiger partial charge on any atom is -0.444 e. The van der Waals surface area contributed by atoms with E-state index in [-0.39, 0.29) is 23.9 Å².